The number of fused-ring (bicyclic) bond motifs is 4. The van der Waals surface area contributed by atoms with Gasteiger partial charge in [-0.2, -0.15) is 0 Å². The number of hydrogen-bond acceptors (Lipinski definition) is 5. The van der Waals surface area contributed by atoms with E-state index in [0.29, 0.717) is 37.0 Å². The van der Waals surface area contributed by atoms with Gasteiger partial charge < -0.3 is 14.9 Å². The van der Waals surface area contributed by atoms with Crippen LogP contribution in [0.3, 0.4) is 0 Å². The molecule has 4 aliphatic carbocycles. The van der Waals surface area contributed by atoms with Crippen LogP contribution in [0.5, 0.6) is 0 Å². The molecular formula is C32H48O6. The number of aliphatic hydroxyl groups is 1. The van der Waals surface area contributed by atoms with Gasteiger partial charge in [0.15, 0.2) is 5.78 Å². The Morgan fingerprint density at radius 1 is 1.11 bits per heavy atom. The second kappa shape index (κ2) is 9.91. The topological polar surface area (TPSA) is 101 Å². The first-order chi connectivity index (χ1) is 17.6. The normalized spacial score (nSPS) is 41.3. The third-order valence-corrected chi connectivity index (χ3v) is 11.8. The minimum atomic E-state index is -1.40. The average Bonchev–Trinajstić information content (AvgIpc) is 3.19. The highest BCUT2D eigenvalue weighted by Crippen LogP contribution is 2.68. The molecule has 6 heteroatoms. The molecule has 2 saturated carbocycles. The number of esters is 1. The molecule has 0 radical (unpaired) electrons. The summed E-state index contributed by atoms with van der Waals surface area (Å²) < 4.78 is 6.11. The number of carboxylic acids is 1. The molecule has 2 N–H and O–H groups in total. The zero-order valence-corrected chi connectivity index (χ0v) is 24.4. The Balaban J connectivity index is 1.77. The quantitative estimate of drug-likeness (QED) is 0.305. The number of rotatable bonds is 7. The predicted molar refractivity (Wildman–Crippen MR) is 146 cm³/mol. The maximum Gasteiger partial charge on any atom is 0.312 e. The van der Waals surface area contributed by atoms with Crippen LogP contribution in [0, 0.1) is 45.8 Å². The Morgan fingerprint density at radius 2 is 1.76 bits per heavy atom. The highest BCUT2D eigenvalue weighted by Gasteiger charge is 2.66. The molecule has 2 fully saturated rings. The van der Waals surface area contributed by atoms with Crippen molar-refractivity contribution in [2.24, 2.45) is 45.8 Å². The van der Waals surface area contributed by atoms with Crippen molar-refractivity contribution in [1.82, 2.24) is 0 Å². The van der Waals surface area contributed by atoms with Gasteiger partial charge in [-0.3, -0.25) is 14.4 Å². The van der Waals surface area contributed by atoms with E-state index in [1.165, 1.54) is 12.5 Å². The van der Waals surface area contributed by atoms with E-state index in [9.17, 15) is 24.6 Å². The van der Waals surface area contributed by atoms with Crippen molar-refractivity contribution in [1.29, 1.82) is 0 Å². The summed E-state index contributed by atoms with van der Waals surface area (Å²) in [6.07, 6.45) is 4.09. The molecule has 0 heterocycles. The lowest BCUT2D eigenvalue weighted by atomic mass is 9.44. The second-order valence-corrected chi connectivity index (χ2v) is 13.9. The van der Waals surface area contributed by atoms with Crippen LogP contribution in [0.15, 0.2) is 23.3 Å². The van der Waals surface area contributed by atoms with E-state index >= 15 is 0 Å². The van der Waals surface area contributed by atoms with Crippen molar-refractivity contribution in [2.45, 2.75) is 112 Å². The van der Waals surface area contributed by atoms with Gasteiger partial charge in [0.25, 0.3) is 0 Å². The number of carbonyl (C=O) groups is 3. The lowest BCUT2D eigenvalue weighted by Gasteiger charge is -2.59. The number of aliphatic hydroxyl groups excluding tert-OH is 1. The molecule has 0 aromatic carbocycles. The number of Topliss-reactive ketones (excluding diaryl/α,β-unsaturated/α-hetero) is 1. The van der Waals surface area contributed by atoms with Crippen molar-refractivity contribution in [2.75, 3.05) is 0 Å². The summed E-state index contributed by atoms with van der Waals surface area (Å²) in [7, 11) is 0. The summed E-state index contributed by atoms with van der Waals surface area (Å²) in [6.45, 7) is 18.3. The van der Waals surface area contributed by atoms with Gasteiger partial charge in [0.2, 0.25) is 0 Å². The Morgan fingerprint density at radius 3 is 2.34 bits per heavy atom. The number of allylic oxidation sites excluding steroid dienone is 2. The van der Waals surface area contributed by atoms with E-state index in [0.717, 1.165) is 36.8 Å². The second-order valence-electron chi connectivity index (χ2n) is 13.9. The average molecular weight is 529 g/mol. The fraction of sp³-hybridized carbons (Fsp3) is 0.781. The molecule has 212 valence electrons. The molecule has 0 aliphatic heterocycles. The predicted octanol–water partition coefficient (Wildman–Crippen LogP) is 6.12. The molecule has 4 aliphatic rings. The number of carboxylic acid groups (broad SMARTS) is 1. The molecule has 0 amide bonds. The van der Waals surface area contributed by atoms with E-state index in [-0.39, 0.29) is 35.6 Å². The molecular weight excluding hydrogens is 480 g/mol. The molecule has 0 aromatic heterocycles. The molecule has 6 nitrogen and oxygen atoms in total. The molecule has 0 saturated heterocycles. The maximum atomic E-state index is 14.0. The van der Waals surface area contributed by atoms with Gasteiger partial charge >= 0.3 is 11.9 Å². The summed E-state index contributed by atoms with van der Waals surface area (Å²) in [4.78, 5) is 38.9. The van der Waals surface area contributed by atoms with Gasteiger partial charge in [0, 0.05) is 25.2 Å². The van der Waals surface area contributed by atoms with Crippen LogP contribution in [0.4, 0.5) is 0 Å². The van der Waals surface area contributed by atoms with Gasteiger partial charge in [-0.15, -0.1) is 0 Å². The van der Waals surface area contributed by atoms with Crippen molar-refractivity contribution < 1.29 is 29.3 Å². The third kappa shape index (κ3) is 4.20. The van der Waals surface area contributed by atoms with E-state index in [4.69, 9.17) is 4.74 Å². The standard InChI is InChI=1S/C32H48O6/c1-17(2)18(3)9-10-19(4)21-11-12-22-28-23(15-27(31(21,22)7)38-20(5)33)30(6)14-13-26(35)32(8,29(36)37)25(30)16-24(28)34/h17,19,21-22,25-27,35H,3,9-16H2,1-2,4-8H3,(H,36,37)/t19-,21+,22-,25+,26-,27-,30-,31-,32-/m0/s1. The van der Waals surface area contributed by atoms with E-state index in [1.807, 2.05) is 0 Å². The Bertz CT molecular complexity index is 1060. The molecule has 0 bridgehead atoms. The summed E-state index contributed by atoms with van der Waals surface area (Å²) in [5.74, 6) is -0.694. The van der Waals surface area contributed by atoms with Gasteiger partial charge in [0.1, 0.15) is 6.10 Å². The molecule has 0 aromatic rings. The maximum absolute atomic E-state index is 14.0. The SMILES string of the molecule is C=C(CC[C@H](C)[C@H]1CC[C@H]2C3=C(C[C@H](OC(C)=O)[C@@]12C)[C@]1(C)CC[C@H](O)[C@@](C)(C(=O)O)[C@@H]1CC3=O)C(C)C. The summed E-state index contributed by atoms with van der Waals surface area (Å²) in [5.41, 5.74) is 0.850. The molecule has 0 spiro atoms. The van der Waals surface area contributed by atoms with E-state index < -0.39 is 28.8 Å². The van der Waals surface area contributed by atoms with Crippen molar-refractivity contribution in [3.05, 3.63) is 23.3 Å². The first-order valence-electron chi connectivity index (χ1n) is 14.6. The van der Waals surface area contributed by atoms with Crippen LogP contribution in [0.1, 0.15) is 99.8 Å². The highest BCUT2D eigenvalue weighted by molar-refractivity contribution is 5.99. The monoisotopic (exact) mass is 528 g/mol. The molecule has 0 unspecified atom stereocenters. The zero-order chi connectivity index (χ0) is 28.4. The lowest BCUT2D eigenvalue weighted by molar-refractivity contribution is -0.177. The number of ketones is 1. The third-order valence-electron chi connectivity index (χ3n) is 11.8. The number of hydrogen-bond donors (Lipinski definition) is 2. The van der Waals surface area contributed by atoms with Gasteiger partial charge in [-0.1, -0.05) is 52.3 Å². The van der Waals surface area contributed by atoms with Crippen LogP contribution >= 0.6 is 0 Å². The lowest BCUT2D eigenvalue weighted by Crippen LogP contribution is -2.60. The van der Waals surface area contributed by atoms with Crippen LogP contribution in [0.2, 0.25) is 0 Å². The fourth-order valence-electron chi connectivity index (χ4n) is 9.13. The van der Waals surface area contributed by atoms with Crippen LogP contribution < -0.4 is 0 Å². The van der Waals surface area contributed by atoms with Gasteiger partial charge in [-0.25, -0.2) is 0 Å². The number of carbonyl (C=O) groups excluding carboxylic acids is 2. The fourth-order valence-corrected chi connectivity index (χ4v) is 9.13. The van der Waals surface area contributed by atoms with Gasteiger partial charge in [0.05, 0.1) is 11.5 Å². The molecule has 9 atom stereocenters. The van der Waals surface area contributed by atoms with E-state index in [1.54, 1.807) is 6.92 Å². The summed E-state index contributed by atoms with van der Waals surface area (Å²) in [5, 5.41) is 21.1. The highest BCUT2D eigenvalue weighted by atomic mass is 16.5. The van der Waals surface area contributed by atoms with Crippen molar-refractivity contribution >= 4 is 17.7 Å². The zero-order valence-electron chi connectivity index (χ0n) is 24.4. The Kier molecular flexibility index (Phi) is 7.57. The minimum Gasteiger partial charge on any atom is -0.481 e. The first-order valence-corrected chi connectivity index (χ1v) is 14.6. The molecule has 38 heavy (non-hydrogen) atoms. The van der Waals surface area contributed by atoms with Crippen molar-refractivity contribution in [3.63, 3.8) is 0 Å². The van der Waals surface area contributed by atoms with Gasteiger partial charge in [-0.05, 0) is 86.0 Å². The summed E-state index contributed by atoms with van der Waals surface area (Å²) in [6, 6.07) is 0. The van der Waals surface area contributed by atoms with Crippen LogP contribution in [-0.2, 0) is 19.1 Å². The summed E-state index contributed by atoms with van der Waals surface area (Å²) >= 11 is 0. The van der Waals surface area contributed by atoms with Crippen LogP contribution in [0.25, 0.3) is 0 Å². The molecule has 4 rings (SSSR count). The van der Waals surface area contributed by atoms with Crippen molar-refractivity contribution in [3.8, 4) is 0 Å². The van der Waals surface area contributed by atoms with Crippen LogP contribution in [-0.4, -0.2) is 40.1 Å². The Labute approximate surface area is 228 Å². The smallest absolute Gasteiger partial charge is 0.312 e. The first kappa shape index (κ1) is 29.0. The minimum absolute atomic E-state index is 0.00967. The largest absolute Gasteiger partial charge is 0.481 e. The Hall–Kier alpha value is -1.95. The van der Waals surface area contributed by atoms with E-state index in [2.05, 4.69) is 41.2 Å². The number of ether oxygens (including phenoxy) is 1. The number of aliphatic carboxylic acids is 1.